The van der Waals surface area contributed by atoms with Gasteiger partial charge in [-0.3, -0.25) is 4.79 Å². The van der Waals surface area contributed by atoms with Crippen LogP contribution in [0, 0.1) is 0 Å². The lowest BCUT2D eigenvalue weighted by Gasteiger charge is -2.23. The third-order valence-electron chi connectivity index (χ3n) is 2.80. The van der Waals surface area contributed by atoms with Gasteiger partial charge in [0.05, 0.1) is 31.9 Å². The maximum atomic E-state index is 11.9. The zero-order valence-corrected chi connectivity index (χ0v) is 10.4. The lowest BCUT2D eigenvalue weighted by Crippen LogP contribution is -2.40. The number of para-hydroxylation sites is 2. The summed E-state index contributed by atoms with van der Waals surface area (Å²) in [5.41, 5.74) is 0.689. The number of methoxy groups -OCH3 is 1. The number of ether oxygens (including phenoxy) is 2. The molecule has 1 aliphatic heterocycles. The summed E-state index contributed by atoms with van der Waals surface area (Å²) in [5.74, 6) is 0.599. The van der Waals surface area contributed by atoms with Gasteiger partial charge in [-0.2, -0.15) is 0 Å². The summed E-state index contributed by atoms with van der Waals surface area (Å²) >= 11 is 0. The van der Waals surface area contributed by atoms with Crippen LogP contribution in [0.1, 0.15) is 6.42 Å². The molecule has 1 heterocycles. The summed E-state index contributed by atoms with van der Waals surface area (Å²) in [6.07, 6.45) is 0.305. The largest absolute Gasteiger partial charge is 0.495 e. The average Bonchev–Trinajstić information content (AvgIpc) is 2.40. The zero-order valence-electron chi connectivity index (χ0n) is 10.4. The second kappa shape index (κ2) is 6.37. The van der Waals surface area contributed by atoms with Crippen LogP contribution < -0.4 is 15.4 Å². The first-order valence-electron chi connectivity index (χ1n) is 6.05. The number of carbonyl (C=O) groups is 1. The van der Waals surface area contributed by atoms with Gasteiger partial charge in [-0.05, 0) is 12.1 Å². The second-order valence-corrected chi connectivity index (χ2v) is 4.15. The van der Waals surface area contributed by atoms with Crippen molar-refractivity contribution in [2.75, 3.05) is 32.1 Å². The predicted octanol–water partition coefficient (Wildman–Crippen LogP) is 1.01. The first-order valence-corrected chi connectivity index (χ1v) is 6.05. The summed E-state index contributed by atoms with van der Waals surface area (Å²) in [7, 11) is 1.58. The minimum Gasteiger partial charge on any atom is -0.495 e. The number of hydrogen-bond acceptors (Lipinski definition) is 4. The highest BCUT2D eigenvalue weighted by atomic mass is 16.5. The molecular weight excluding hydrogens is 232 g/mol. The number of nitrogens with one attached hydrogen (secondary N) is 2. The van der Waals surface area contributed by atoms with Gasteiger partial charge in [-0.1, -0.05) is 12.1 Å². The van der Waals surface area contributed by atoms with Crippen molar-refractivity contribution in [3.63, 3.8) is 0 Å². The molecule has 0 spiro atoms. The lowest BCUT2D eigenvalue weighted by atomic mass is 10.2. The van der Waals surface area contributed by atoms with Gasteiger partial charge in [0.15, 0.2) is 0 Å². The Labute approximate surface area is 106 Å². The normalized spacial score (nSPS) is 19.3. The van der Waals surface area contributed by atoms with Crippen molar-refractivity contribution in [1.82, 2.24) is 5.32 Å². The van der Waals surface area contributed by atoms with Crippen LogP contribution in [0.15, 0.2) is 24.3 Å². The van der Waals surface area contributed by atoms with Crippen molar-refractivity contribution in [2.45, 2.75) is 12.5 Å². The van der Waals surface area contributed by atoms with Crippen molar-refractivity contribution >= 4 is 11.6 Å². The van der Waals surface area contributed by atoms with Crippen LogP contribution in [0.25, 0.3) is 0 Å². The molecule has 98 valence electrons. The van der Waals surface area contributed by atoms with Crippen molar-refractivity contribution in [3.05, 3.63) is 24.3 Å². The molecule has 1 aromatic carbocycles. The molecule has 1 saturated heterocycles. The van der Waals surface area contributed by atoms with Gasteiger partial charge in [-0.15, -0.1) is 0 Å². The van der Waals surface area contributed by atoms with Crippen LogP contribution in [0.4, 0.5) is 5.69 Å². The fourth-order valence-corrected chi connectivity index (χ4v) is 1.91. The fourth-order valence-electron chi connectivity index (χ4n) is 1.91. The number of benzene rings is 1. The van der Waals surface area contributed by atoms with Crippen molar-refractivity contribution in [2.24, 2.45) is 0 Å². The van der Waals surface area contributed by atoms with E-state index in [4.69, 9.17) is 9.47 Å². The summed E-state index contributed by atoms with van der Waals surface area (Å²) in [6.45, 7) is 2.23. The highest BCUT2D eigenvalue weighted by molar-refractivity contribution is 5.92. The Morgan fingerprint density at radius 1 is 1.56 bits per heavy atom. The van der Waals surface area contributed by atoms with E-state index >= 15 is 0 Å². The van der Waals surface area contributed by atoms with Crippen LogP contribution in [0.2, 0.25) is 0 Å². The van der Waals surface area contributed by atoms with Gasteiger partial charge in [0.1, 0.15) is 5.75 Å². The molecule has 2 N–H and O–H groups in total. The highest BCUT2D eigenvalue weighted by Gasteiger charge is 2.17. The molecule has 1 atom stereocenters. The summed E-state index contributed by atoms with van der Waals surface area (Å²) in [6, 6.07) is 7.35. The van der Waals surface area contributed by atoms with E-state index in [9.17, 15) is 4.79 Å². The van der Waals surface area contributed by atoms with Gasteiger partial charge in [0.2, 0.25) is 5.91 Å². The van der Waals surface area contributed by atoms with E-state index in [-0.39, 0.29) is 12.0 Å². The smallest absolute Gasteiger partial charge is 0.227 e. The Morgan fingerprint density at radius 3 is 3.11 bits per heavy atom. The van der Waals surface area contributed by atoms with Gasteiger partial charge < -0.3 is 20.1 Å². The van der Waals surface area contributed by atoms with Crippen molar-refractivity contribution < 1.29 is 14.3 Å². The summed E-state index contributed by atoms with van der Waals surface area (Å²) in [5, 5.41) is 6.03. The molecule has 5 nitrogen and oxygen atoms in total. The molecule has 5 heteroatoms. The van der Waals surface area contributed by atoms with Gasteiger partial charge in [0, 0.05) is 13.1 Å². The first-order chi connectivity index (χ1) is 8.79. The highest BCUT2D eigenvalue weighted by Crippen LogP contribution is 2.23. The van der Waals surface area contributed by atoms with Gasteiger partial charge >= 0.3 is 0 Å². The van der Waals surface area contributed by atoms with E-state index in [0.29, 0.717) is 24.5 Å². The van der Waals surface area contributed by atoms with E-state index in [2.05, 4.69) is 10.6 Å². The van der Waals surface area contributed by atoms with E-state index in [1.807, 2.05) is 24.3 Å². The Balaban J connectivity index is 1.90. The van der Waals surface area contributed by atoms with Crippen molar-refractivity contribution in [1.29, 1.82) is 0 Å². The Bertz CT molecular complexity index is 403. The fraction of sp³-hybridized carbons (Fsp3) is 0.462. The number of anilines is 1. The number of amides is 1. The molecule has 0 aromatic heterocycles. The number of carbonyl (C=O) groups excluding carboxylic acids is 1. The molecular formula is C13H18N2O3. The topological polar surface area (TPSA) is 59.6 Å². The van der Waals surface area contributed by atoms with E-state index < -0.39 is 0 Å². The Kier molecular flexibility index (Phi) is 4.55. The zero-order chi connectivity index (χ0) is 12.8. The monoisotopic (exact) mass is 250 g/mol. The molecule has 1 unspecified atom stereocenters. The maximum absolute atomic E-state index is 11.9. The quantitative estimate of drug-likeness (QED) is 0.837. The summed E-state index contributed by atoms with van der Waals surface area (Å²) in [4.78, 5) is 11.9. The van der Waals surface area contributed by atoms with Crippen LogP contribution >= 0.6 is 0 Å². The van der Waals surface area contributed by atoms with Crippen LogP contribution in [0.3, 0.4) is 0 Å². The van der Waals surface area contributed by atoms with Crippen molar-refractivity contribution in [3.8, 4) is 5.75 Å². The lowest BCUT2D eigenvalue weighted by molar-refractivity contribution is -0.119. The Morgan fingerprint density at radius 2 is 2.39 bits per heavy atom. The van der Waals surface area contributed by atoms with E-state index in [0.717, 1.165) is 13.1 Å². The second-order valence-electron chi connectivity index (χ2n) is 4.15. The molecule has 1 fully saturated rings. The van der Waals surface area contributed by atoms with Crippen LogP contribution in [0.5, 0.6) is 5.75 Å². The number of morpholine rings is 1. The van der Waals surface area contributed by atoms with E-state index in [1.54, 1.807) is 7.11 Å². The van der Waals surface area contributed by atoms with Crippen LogP contribution in [-0.4, -0.2) is 38.8 Å². The van der Waals surface area contributed by atoms with Gasteiger partial charge in [-0.25, -0.2) is 0 Å². The minimum atomic E-state index is -0.0619. The van der Waals surface area contributed by atoms with E-state index in [1.165, 1.54) is 0 Å². The Hall–Kier alpha value is -1.59. The number of rotatable bonds is 4. The molecule has 1 aliphatic rings. The molecule has 0 aliphatic carbocycles. The average molecular weight is 250 g/mol. The molecule has 1 amide bonds. The standard InChI is InChI=1S/C13H18N2O3/c1-17-12-5-3-2-4-11(12)15-13(16)8-10-9-14-6-7-18-10/h2-5,10,14H,6-9H2,1H3,(H,15,16). The molecule has 18 heavy (non-hydrogen) atoms. The molecule has 0 radical (unpaired) electrons. The van der Waals surface area contributed by atoms with Gasteiger partial charge in [0.25, 0.3) is 0 Å². The van der Waals surface area contributed by atoms with Crippen LogP contribution in [-0.2, 0) is 9.53 Å². The minimum absolute atomic E-state index is 0.0477. The molecule has 0 saturated carbocycles. The third-order valence-corrected chi connectivity index (χ3v) is 2.80. The third kappa shape index (κ3) is 3.45. The molecule has 1 aromatic rings. The first kappa shape index (κ1) is 12.9. The summed E-state index contributed by atoms with van der Waals surface area (Å²) < 4.78 is 10.7. The SMILES string of the molecule is COc1ccccc1NC(=O)CC1CNCCO1. The number of hydrogen-bond donors (Lipinski definition) is 2. The molecule has 2 rings (SSSR count). The molecule has 0 bridgehead atoms. The predicted molar refractivity (Wildman–Crippen MR) is 68.9 cm³/mol. The maximum Gasteiger partial charge on any atom is 0.227 e.